The third-order valence-corrected chi connectivity index (χ3v) is 10.6. The number of hydrogen-bond donors (Lipinski definition) is 1. The molecule has 2 aliphatic carbocycles. The van der Waals surface area contributed by atoms with Crippen LogP contribution in [0.1, 0.15) is 97.6 Å². The van der Waals surface area contributed by atoms with Crippen LogP contribution in [0.4, 0.5) is 8.63 Å². The molecule has 3 aromatic heterocycles. The van der Waals surface area contributed by atoms with E-state index in [1.807, 2.05) is 42.5 Å². The summed E-state index contributed by atoms with van der Waals surface area (Å²) in [5.74, 6) is 1.02. The molecule has 6 aromatic rings. The fraction of sp³-hybridized carbons (Fsp3) is 0.308. The first-order valence-corrected chi connectivity index (χ1v) is 16.7. The van der Waals surface area contributed by atoms with Gasteiger partial charge in [0.2, 0.25) is 0 Å². The molecule has 0 aliphatic heterocycles. The lowest BCUT2D eigenvalue weighted by molar-refractivity contribution is 0.377. The van der Waals surface area contributed by atoms with Gasteiger partial charge in [-0.3, -0.25) is 8.63 Å². The van der Waals surface area contributed by atoms with Gasteiger partial charge in [-0.05, 0) is 72.9 Å². The maximum Gasteiger partial charge on any atom is 0.677 e. The molecule has 0 saturated heterocycles. The standard InChI is InChI=1S/C39H38BF2N3/c41-40(42)45-36(31-20-10-8-18-29(31)27-15-5-2-6-16-27)23-24-37(45)38-32-21-11-12-22-33(32)43-35-25-34(44-39(35)38)30-19-9-7-17-28(30)26-13-3-1-4-14-26/h1-6,11-16,21-25,28-31,44H,7-10,17-20H2. The number of pyridine rings is 1. The lowest BCUT2D eigenvalue weighted by Crippen LogP contribution is -2.24. The molecule has 3 aromatic carbocycles. The number of nitrogens with one attached hydrogen (secondary N) is 1. The molecule has 0 radical (unpaired) electrons. The van der Waals surface area contributed by atoms with E-state index in [-0.39, 0.29) is 11.8 Å². The van der Waals surface area contributed by atoms with Crippen LogP contribution in [-0.2, 0) is 0 Å². The quantitative estimate of drug-likeness (QED) is 0.190. The third-order valence-electron chi connectivity index (χ3n) is 10.6. The number of hydrogen-bond acceptors (Lipinski definition) is 1. The van der Waals surface area contributed by atoms with Crippen molar-refractivity contribution in [3.8, 4) is 11.3 Å². The lowest BCUT2D eigenvalue weighted by atomic mass is 9.73. The van der Waals surface area contributed by atoms with Crippen LogP contribution >= 0.6 is 0 Å². The predicted octanol–water partition coefficient (Wildman–Crippen LogP) is 10.8. The largest absolute Gasteiger partial charge is 0.677 e. The minimum absolute atomic E-state index is 0.0422. The Hall–Kier alpha value is -4.19. The van der Waals surface area contributed by atoms with Crippen molar-refractivity contribution in [3.63, 3.8) is 0 Å². The van der Waals surface area contributed by atoms with Crippen LogP contribution in [-0.4, -0.2) is 21.8 Å². The molecular weight excluding hydrogens is 559 g/mol. The smallest absolute Gasteiger partial charge is 0.356 e. The Kier molecular flexibility index (Phi) is 7.52. The number of para-hydroxylation sites is 1. The average Bonchev–Trinajstić information content (AvgIpc) is 3.73. The molecule has 2 saturated carbocycles. The van der Waals surface area contributed by atoms with Gasteiger partial charge in [0.1, 0.15) is 0 Å². The predicted molar refractivity (Wildman–Crippen MR) is 181 cm³/mol. The van der Waals surface area contributed by atoms with Gasteiger partial charge in [-0.25, -0.2) is 4.98 Å². The van der Waals surface area contributed by atoms with Crippen LogP contribution in [0.3, 0.4) is 0 Å². The van der Waals surface area contributed by atoms with E-state index in [9.17, 15) is 0 Å². The highest BCUT2D eigenvalue weighted by Gasteiger charge is 2.35. The molecule has 226 valence electrons. The number of aromatic nitrogens is 3. The van der Waals surface area contributed by atoms with Gasteiger partial charge in [0.05, 0.1) is 16.6 Å². The summed E-state index contributed by atoms with van der Waals surface area (Å²) in [4.78, 5) is 8.87. The van der Waals surface area contributed by atoms with Crippen molar-refractivity contribution in [2.75, 3.05) is 0 Å². The molecule has 0 spiro atoms. The minimum atomic E-state index is -2.65. The SMILES string of the molecule is FB(F)n1c(-c2c3ccccc3nc3cc(C4CCCCC4c4ccccc4)[nH]c23)ccc1C1CCCCC1c1ccccc1. The molecule has 3 nitrogen and oxygen atoms in total. The first-order chi connectivity index (χ1) is 22.2. The average molecular weight is 598 g/mol. The molecule has 3 heterocycles. The Morgan fingerprint density at radius 3 is 1.87 bits per heavy atom. The van der Waals surface area contributed by atoms with E-state index in [1.54, 1.807) is 0 Å². The Morgan fingerprint density at radius 1 is 0.622 bits per heavy atom. The van der Waals surface area contributed by atoms with Crippen molar-refractivity contribution in [2.24, 2.45) is 0 Å². The Balaban J connectivity index is 1.29. The Bertz CT molecular complexity index is 1930. The van der Waals surface area contributed by atoms with Gasteiger partial charge < -0.3 is 9.46 Å². The van der Waals surface area contributed by atoms with E-state index < -0.39 is 7.40 Å². The Morgan fingerprint density at radius 2 is 1.20 bits per heavy atom. The summed E-state index contributed by atoms with van der Waals surface area (Å²) in [5, 5.41) is 0.899. The van der Waals surface area contributed by atoms with Crippen molar-refractivity contribution in [1.82, 2.24) is 14.4 Å². The molecular formula is C39H38BF2N3. The lowest BCUT2D eigenvalue weighted by Gasteiger charge is -2.33. The van der Waals surface area contributed by atoms with Crippen LogP contribution in [0.15, 0.2) is 103 Å². The van der Waals surface area contributed by atoms with Crippen LogP contribution < -0.4 is 0 Å². The van der Waals surface area contributed by atoms with Gasteiger partial charge in [0.25, 0.3) is 0 Å². The topological polar surface area (TPSA) is 33.6 Å². The molecule has 8 rings (SSSR count). The van der Waals surface area contributed by atoms with E-state index >= 15 is 8.63 Å². The number of nitrogens with zero attached hydrogens (tertiary/aromatic N) is 2. The molecule has 6 heteroatoms. The summed E-state index contributed by atoms with van der Waals surface area (Å²) in [6.07, 6.45) is 8.78. The molecule has 4 unspecified atom stereocenters. The number of benzene rings is 3. The highest BCUT2D eigenvalue weighted by atomic mass is 19.2. The number of halogens is 2. The first-order valence-electron chi connectivity index (χ1n) is 16.7. The zero-order valence-corrected chi connectivity index (χ0v) is 25.5. The minimum Gasteiger partial charge on any atom is -0.356 e. The van der Waals surface area contributed by atoms with Gasteiger partial charge in [-0.2, -0.15) is 0 Å². The summed E-state index contributed by atoms with van der Waals surface area (Å²) >= 11 is 0. The molecule has 45 heavy (non-hydrogen) atoms. The van der Waals surface area contributed by atoms with Gasteiger partial charge in [0.15, 0.2) is 0 Å². The number of rotatable bonds is 6. The van der Waals surface area contributed by atoms with Crippen molar-refractivity contribution in [2.45, 2.75) is 75.0 Å². The highest BCUT2D eigenvalue weighted by Crippen LogP contribution is 2.48. The monoisotopic (exact) mass is 597 g/mol. The normalized spacial score (nSPS) is 22.2. The zero-order chi connectivity index (χ0) is 30.3. The Labute approximate surface area is 263 Å². The maximum atomic E-state index is 15.4. The molecule has 2 fully saturated rings. The highest BCUT2D eigenvalue weighted by molar-refractivity contribution is 6.42. The van der Waals surface area contributed by atoms with Gasteiger partial charge in [0, 0.05) is 39.9 Å². The zero-order valence-electron chi connectivity index (χ0n) is 25.5. The van der Waals surface area contributed by atoms with Crippen molar-refractivity contribution >= 4 is 29.3 Å². The van der Waals surface area contributed by atoms with Crippen LogP contribution in [0.5, 0.6) is 0 Å². The van der Waals surface area contributed by atoms with E-state index in [0.717, 1.165) is 77.4 Å². The molecule has 0 bridgehead atoms. The van der Waals surface area contributed by atoms with E-state index in [1.165, 1.54) is 28.4 Å². The summed E-state index contributed by atoms with van der Waals surface area (Å²) in [6, 6.07) is 35.4. The van der Waals surface area contributed by atoms with Crippen molar-refractivity contribution in [1.29, 1.82) is 0 Å². The fourth-order valence-electron chi connectivity index (χ4n) is 8.63. The molecule has 2 aliphatic rings. The number of H-pyrrole nitrogens is 1. The van der Waals surface area contributed by atoms with E-state index in [2.05, 4.69) is 65.6 Å². The van der Waals surface area contributed by atoms with Gasteiger partial charge >= 0.3 is 7.40 Å². The van der Waals surface area contributed by atoms with Gasteiger partial charge in [-0.15, -0.1) is 0 Å². The molecule has 1 N–H and O–H groups in total. The summed E-state index contributed by atoms with van der Waals surface area (Å²) in [7, 11) is -2.65. The summed E-state index contributed by atoms with van der Waals surface area (Å²) in [6.45, 7) is 0. The second-order valence-corrected chi connectivity index (χ2v) is 13.1. The van der Waals surface area contributed by atoms with E-state index in [0.29, 0.717) is 17.5 Å². The van der Waals surface area contributed by atoms with Crippen LogP contribution in [0.25, 0.3) is 33.2 Å². The van der Waals surface area contributed by atoms with Crippen molar-refractivity contribution < 1.29 is 8.63 Å². The van der Waals surface area contributed by atoms with Crippen molar-refractivity contribution in [3.05, 3.63) is 126 Å². The van der Waals surface area contributed by atoms with Crippen LogP contribution in [0, 0.1) is 0 Å². The number of fused-ring (bicyclic) bond motifs is 2. The summed E-state index contributed by atoms with van der Waals surface area (Å²) in [5.41, 5.74) is 8.45. The van der Waals surface area contributed by atoms with Crippen LogP contribution in [0.2, 0.25) is 0 Å². The fourth-order valence-corrected chi connectivity index (χ4v) is 8.63. The summed E-state index contributed by atoms with van der Waals surface area (Å²) < 4.78 is 32.1. The second-order valence-electron chi connectivity index (χ2n) is 13.1. The maximum absolute atomic E-state index is 15.4. The first kappa shape index (κ1) is 28.3. The molecule has 0 amide bonds. The third kappa shape index (κ3) is 5.08. The van der Waals surface area contributed by atoms with E-state index in [4.69, 9.17) is 4.98 Å². The number of aromatic amines is 1. The van der Waals surface area contributed by atoms with Gasteiger partial charge in [-0.1, -0.05) is 105 Å². The second kappa shape index (κ2) is 12.0. The molecule has 4 atom stereocenters.